The summed E-state index contributed by atoms with van der Waals surface area (Å²) >= 11 is 0. The molecule has 0 saturated heterocycles. The maximum absolute atomic E-state index is 9.67. The van der Waals surface area contributed by atoms with Crippen LogP contribution in [0.15, 0.2) is 24.3 Å². The third-order valence-corrected chi connectivity index (χ3v) is 3.10. The van der Waals surface area contributed by atoms with Crippen LogP contribution in [0.5, 0.6) is 5.75 Å². The van der Waals surface area contributed by atoms with E-state index in [2.05, 4.69) is 14.7 Å². The molecule has 0 amide bonds. The molecule has 0 atom stereocenters. The molecule has 0 bridgehead atoms. The minimum Gasteiger partial charge on any atom is -0.508 e. The van der Waals surface area contributed by atoms with Gasteiger partial charge < -0.3 is 5.11 Å². The standard InChI is InChI=1S/C13H23N3O/c1-14(2)13(15(3)4,16(5)6)11-8-7-9-12(17)10-11/h7-10,17H,1-6H3. The Labute approximate surface area is 104 Å². The van der Waals surface area contributed by atoms with Crippen molar-refractivity contribution < 1.29 is 5.11 Å². The Morgan fingerprint density at radius 1 is 0.882 bits per heavy atom. The number of hydrogen-bond acceptors (Lipinski definition) is 4. The number of hydrogen-bond donors (Lipinski definition) is 1. The van der Waals surface area contributed by atoms with Crippen LogP contribution >= 0.6 is 0 Å². The van der Waals surface area contributed by atoms with Gasteiger partial charge in [0, 0.05) is 5.56 Å². The average molecular weight is 237 g/mol. The lowest BCUT2D eigenvalue weighted by molar-refractivity contribution is -0.116. The van der Waals surface area contributed by atoms with Crippen LogP contribution in [0.25, 0.3) is 0 Å². The van der Waals surface area contributed by atoms with E-state index in [1.54, 1.807) is 12.1 Å². The van der Waals surface area contributed by atoms with Crippen LogP contribution in [-0.4, -0.2) is 62.1 Å². The monoisotopic (exact) mass is 237 g/mol. The summed E-state index contributed by atoms with van der Waals surface area (Å²) in [5, 5.41) is 9.67. The minimum absolute atomic E-state index is 0.289. The van der Waals surface area contributed by atoms with Gasteiger partial charge in [-0.15, -0.1) is 0 Å². The van der Waals surface area contributed by atoms with Crippen LogP contribution in [0.2, 0.25) is 0 Å². The number of aromatic hydroxyl groups is 1. The van der Waals surface area contributed by atoms with E-state index in [0.717, 1.165) is 5.56 Å². The molecule has 96 valence electrons. The minimum atomic E-state index is -0.376. The first-order valence-corrected chi connectivity index (χ1v) is 5.65. The number of nitrogens with zero attached hydrogens (tertiary/aromatic N) is 3. The highest BCUT2D eigenvalue weighted by atomic mass is 16.3. The van der Waals surface area contributed by atoms with Crippen molar-refractivity contribution >= 4 is 0 Å². The van der Waals surface area contributed by atoms with E-state index in [4.69, 9.17) is 0 Å². The molecular weight excluding hydrogens is 214 g/mol. The molecule has 0 radical (unpaired) electrons. The summed E-state index contributed by atoms with van der Waals surface area (Å²) in [7, 11) is 12.2. The van der Waals surface area contributed by atoms with Gasteiger partial charge in [-0.05, 0) is 54.4 Å². The first kappa shape index (κ1) is 14.0. The van der Waals surface area contributed by atoms with Gasteiger partial charge in [0.15, 0.2) is 5.79 Å². The molecular formula is C13H23N3O. The third-order valence-electron chi connectivity index (χ3n) is 3.10. The van der Waals surface area contributed by atoms with Gasteiger partial charge in [-0.3, -0.25) is 14.7 Å². The van der Waals surface area contributed by atoms with Crippen molar-refractivity contribution in [2.45, 2.75) is 5.79 Å². The fraction of sp³-hybridized carbons (Fsp3) is 0.538. The Balaban J connectivity index is 3.41. The second-order valence-electron chi connectivity index (χ2n) is 4.87. The van der Waals surface area contributed by atoms with Gasteiger partial charge in [0.05, 0.1) is 0 Å². The van der Waals surface area contributed by atoms with Gasteiger partial charge in [-0.1, -0.05) is 12.1 Å². The van der Waals surface area contributed by atoms with Crippen molar-refractivity contribution in [2.75, 3.05) is 42.3 Å². The Morgan fingerprint density at radius 3 is 1.71 bits per heavy atom. The van der Waals surface area contributed by atoms with E-state index in [0.29, 0.717) is 0 Å². The van der Waals surface area contributed by atoms with Gasteiger partial charge in [-0.2, -0.15) is 0 Å². The summed E-state index contributed by atoms with van der Waals surface area (Å²) in [5.41, 5.74) is 1.04. The Bertz CT molecular complexity index is 353. The van der Waals surface area contributed by atoms with Gasteiger partial charge >= 0.3 is 0 Å². The molecule has 0 heterocycles. The van der Waals surface area contributed by atoms with Gasteiger partial charge in [0.2, 0.25) is 0 Å². The van der Waals surface area contributed by atoms with Crippen LogP contribution < -0.4 is 0 Å². The molecule has 0 aliphatic carbocycles. The first-order valence-electron chi connectivity index (χ1n) is 5.65. The lowest BCUT2D eigenvalue weighted by Crippen LogP contribution is -2.61. The smallest absolute Gasteiger partial charge is 0.156 e. The Hall–Kier alpha value is -1.10. The Kier molecular flexibility index (Phi) is 4.14. The SMILES string of the molecule is CN(C)C(c1cccc(O)c1)(N(C)C)N(C)C. The molecule has 0 unspecified atom stereocenters. The Morgan fingerprint density at radius 2 is 1.35 bits per heavy atom. The molecule has 0 aliphatic heterocycles. The molecule has 4 heteroatoms. The zero-order valence-electron chi connectivity index (χ0n) is 11.6. The summed E-state index contributed by atoms with van der Waals surface area (Å²) in [6.45, 7) is 0. The number of phenols is 1. The number of rotatable bonds is 4. The van der Waals surface area contributed by atoms with E-state index in [-0.39, 0.29) is 11.5 Å². The quantitative estimate of drug-likeness (QED) is 0.797. The molecule has 0 aromatic heterocycles. The average Bonchev–Trinajstić information content (AvgIpc) is 2.16. The van der Waals surface area contributed by atoms with Crippen molar-refractivity contribution in [1.29, 1.82) is 0 Å². The topological polar surface area (TPSA) is 30.0 Å². The van der Waals surface area contributed by atoms with Crippen LogP contribution in [0, 0.1) is 0 Å². The summed E-state index contributed by atoms with van der Waals surface area (Å²) in [6, 6.07) is 7.39. The normalized spacial score (nSPS) is 12.8. The highest BCUT2D eigenvalue weighted by molar-refractivity contribution is 5.31. The molecule has 4 nitrogen and oxygen atoms in total. The molecule has 0 aliphatic rings. The van der Waals surface area contributed by atoms with E-state index in [1.807, 2.05) is 54.4 Å². The molecule has 0 spiro atoms. The number of phenolic OH excluding ortho intramolecular Hbond substituents is 1. The molecule has 17 heavy (non-hydrogen) atoms. The predicted octanol–water partition coefficient (Wildman–Crippen LogP) is 1.19. The summed E-state index contributed by atoms with van der Waals surface area (Å²) in [4.78, 5) is 6.38. The largest absolute Gasteiger partial charge is 0.508 e. The van der Waals surface area contributed by atoms with E-state index >= 15 is 0 Å². The molecule has 1 rings (SSSR count). The maximum atomic E-state index is 9.67. The van der Waals surface area contributed by atoms with Crippen molar-refractivity contribution in [2.24, 2.45) is 0 Å². The van der Waals surface area contributed by atoms with Crippen LogP contribution in [-0.2, 0) is 5.79 Å². The molecule has 1 aromatic rings. The first-order chi connectivity index (χ1) is 7.83. The fourth-order valence-corrected chi connectivity index (χ4v) is 2.69. The highest BCUT2D eigenvalue weighted by Crippen LogP contribution is 2.32. The predicted molar refractivity (Wildman–Crippen MR) is 70.8 cm³/mol. The fourth-order valence-electron chi connectivity index (χ4n) is 2.69. The molecule has 1 N–H and O–H groups in total. The second-order valence-corrected chi connectivity index (χ2v) is 4.87. The van der Waals surface area contributed by atoms with Crippen LogP contribution in [0.4, 0.5) is 0 Å². The summed E-state index contributed by atoms with van der Waals surface area (Å²) in [6.07, 6.45) is 0. The van der Waals surface area contributed by atoms with E-state index in [1.165, 1.54) is 0 Å². The van der Waals surface area contributed by atoms with Gasteiger partial charge in [0.1, 0.15) is 5.75 Å². The molecule has 1 aromatic carbocycles. The van der Waals surface area contributed by atoms with Gasteiger partial charge in [-0.25, -0.2) is 0 Å². The lowest BCUT2D eigenvalue weighted by Gasteiger charge is -2.50. The maximum Gasteiger partial charge on any atom is 0.156 e. The van der Waals surface area contributed by atoms with Crippen LogP contribution in [0.1, 0.15) is 5.56 Å². The van der Waals surface area contributed by atoms with Crippen molar-refractivity contribution in [3.63, 3.8) is 0 Å². The van der Waals surface area contributed by atoms with Crippen molar-refractivity contribution in [3.8, 4) is 5.75 Å². The zero-order chi connectivity index (χ0) is 13.2. The number of benzene rings is 1. The van der Waals surface area contributed by atoms with E-state index in [9.17, 15) is 5.11 Å². The van der Waals surface area contributed by atoms with Gasteiger partial charge in [0.25, 0.3) is 0 Å². The third kappa shape index (κ3) is 2.29. The molecule has 0 fully saturated rings. The van der Waals surface area contributed by atoms with Crippen molar-refractivity contribution in [1.82, 2.24) is 14.7 Å². The van der Waals surface area contributed by atoms with E-state index < -0.39 is 0 Å². The lowest BCUT2D eigenvalue weighted by atomic mass is 10.0. The second kappa shape index (κ2) is 5.04. The van der Waals surface area contributed by atoms with Crippen LogP contribution in [0.3, 0.4) is 0 Å². The van der Waals surface area contributed by atoms with Crippen molar-refractivity contribution in [3.05, 3.63) is 29.8 Å². The summed E-state index contributed by atoms with van der Waals surface area (Å²) < 4.78 is 0. The zero-order valence-corrected chi connectivity index (χ0v) is 11.6. The highest BCUT2D eigenvalue weighted by Gasteiger charge is 2.39. The molecule has 0 saturated carbocycles. The summed E-state index contributed by atoms with van der Waals surface area (Å²) in [5.74, 6) is -0.0870.